The van der Waals surface area contributed by atoms with Gasteiger partial charge in [-0.1, -0.05) is 44.9 Å². The summed E-state index contributed by atoms with van der Waals surface area (Å²) in [6.07, 6.45) is 9.18. The molecule has 0 radical (unpaired) electrons. The molecule has 43 heavy (non-hydrogen) atoms. The van der Waals surface area contributed by atoms with E-state index in [9.17, 15) is 0 Å². The number of hydrogen-bond acceptors (Lipinski definition) is 10. The van der Waals surface area contributed by atoms with Gasteiger partial charge in [0.2, 0.25) is 0 Å². The number of methoxy groups -OCH3 is 6. The molecule has 0 fully saturated rings. The standard InChI is InChI=1S/C33H52O10/c1-34-22-40-30(28-20-26(38-5)16-18-32(28)42-24-36-3)14-12-10-8-7-9-11-13-15-31(41-23-35-2)29-21-27(39-6)17-19-33(29)43-25-37-4/h16-21,30-31H,7-15,22-25H2,1-6H3. The van der Waals surface area contributed by atoms with Crippen LogP contribution in [0, 0.1) is 0 Å². The monoisotopic (exact) mass is 608 g/mol. The second-order valence-electron chi connectivity index (χ2n) is 10.1. The first-order chi connectivity index (χ1) is 21.1. The normalized spacial score (nSPS) is 12.6. The van der Waals surface area contributed by atoms with Crippen LogP contribution in [0.1, 0.15) is 81.1 Å². The van der Waals surface area contributed by atoms with Crippen LogP contribution < -0.4 is 18.9 Å². The summed E-state index contributed by atoms with van der Waals surface area (Å²) in [5, 5.41) is 0. The van der Waals surface area contributed by atoms with Crippen LogP contribution in [0.25, 0.3) is 0 Å². The van der Waals surface area contributed by atoms with Crippen LogP contribution in [0.4, 0.5) is 0 Å². The highest BCUT2D eigenvalue weighted by Gasteiger charge is 2.20. The first kappa shape index (κ1) is 36.6. The number of ether oxygens (including phenoxy) is 10. The van der Waals surface area contributed by atoms with Gasteiger partial charge in [-0.05, 0) is 49.2 Å². The van der Waals surface area contributed by atoms with Gasteiger partial charge in [-0.2, -0.15) is 0 Å². The Kier molecular flexibility index (Phi) is 19.5. The molecule has 0 aliphatic rings. The molecule has 0 heterocycles. The van der Waals surface area contributed by atoms with Gasteiger partial charge in [-0.25, -0.2) is 0 Å². The van der Waals surface area contributed by atoms with E-state index in [4.69, 9.17) is 47.4 Å². The maximum Gasteiger partial charge on any atom is 0.188 e. The van der Waals surface area contributed by atoms with E-state index in [0.29, 0.717) is 0 Å². The molecule has 2 unspecified atom stereocenters. The molecule has 0 N–H and O–H groups in total. The van der Waals surface area contributed by atoms with Crippen molar-refractivity contribution in [2.75, 3.05) is 69.8 Å². The van der Waals surface area contributed by atoms with Gasteiger partial charge in [-0.3, -0.25) is 0 Å². The number of rotatable bonds is 26. The van der Waals surface area contributed by atoms with Gasteiger partial charge in [0, 0.05) is 39.6 Å². The number of unbranched alkanes of at least 4 members (excludes halogenated alkanes) is 6. The highest BCUT2D eigenvalue weighted by molar-refractivity contribution is 5.42. The lowest BCUT2D eigenvalue weighted by Gasteiger charge is -2.22. The number of hydrogen-bond donors (Lipinski definition) is 0. The van der Waals surface area contributed by atoms with Gasteiger partial charge >= 0.3 is 0 Å². The summed E-state index contributed by atoms with van der Waals surface area (Å²) < 4.78 is 55.2. The second kappa shape index (κ2) is 22.9. The van der Waals surface area contributed by atoms with Gasteiger partial charge in [-0.15, -0.1) is 0 Å². The average Bonchev–Trinajstić information content (AvgIpc) is 3.04. The molecule has 0 aromatic heterocycles. The topological polar surface area (TPSA) is 92.3 Å². The molecule has 2 atom stereocenters. The van der Waals surface area contributed by atoms with Crippen molar-refractivity contribution in [2.24, 2.45) is 0 Å². The summed E-state index contributed by atoms with van der Waals surface area (Å²) >= 11 is 0. The lowest BCUT2D eigenvalue weighted by Crippen LogP contribution is -2.10. The molecular formula is C33H52O10. The molecule has 10 heteroatoms. The summed E-state index contributed by atoms with van der Waals surface area (Å²) in [6.45, 7) is 0.739. The Labute approximate surface area is 257 Å². The van der Waals surface area contributed by atoms with Crippen molar-refractivity contribution in [3.05, 3.63) is 47.5 Å². The molecule has 0 spiro atoms. The third-order valence-corrected chi connectivity index (χ3v) is 7.00. The zero-order chi connectivity index (χ0) is 31.1. The van der Waals surface area contributed by atoms with Crippen LogP contribution in [0.2, 0.25) is 0 Å². The minimum Gasteiger partial charge on any atom is -0.497 e. The lowest BCUT2D eigenvalue weighted by atomic mass is 9.99. The van der Waals surface area contributed by atoms with Gasteiger partial charge in [0.1, 0.15) is 36.6 Å². The quantitative estimate of drug-likeness (QED) is 0.0806. The SMILES string of the molecule is COCOc1ccc(OC)cc1C(CCCCCCCCCC(OCOC)c1cc(OC)ccc1OCOC)OCOC. The molecule has 244 valence electrons. The predicted octanol–water partition coefficient (Wildman–Crippen LogP) is 7.20. The Bertz CT molecular complexity index is 909. The second-order valence-corrected chi connectivity index (χ2v) is 10.1. The van der Waals surface area contributed by atoms with Crippen molar-refractivity contribution in [1.29, 1.82) is 0 Å². The Morgan fingerprint density at radius 1 is 0.465 bits per heavy atom. The minimum absolute atomic E-state index is 0.165. The third-order valence-electron chi connectivity index (χ3n) is 7.00. The summed E-state index contributed by atoms with van der Waals surface area (Å²) in [7, 11) is 9.76. The smallest absolute Gasteiger partial charge is 0.188 e. The largest absolute Gasteiger partial charge is 0.497 e. The fraction of sp³-hybridized carbons (Fsp3) is 0.636. The van der Waals surface area contributed by atoms with Crippen LogP contribution >= 0.6 is 0 Å². The van der Waals surface area contributed by atoms with Gasteiger partial charge in [0.15, 0.2) is 13.6 Å². The highest BCUT2D eigenvalue weighted by Crippen LogP contribution is 2.36. The molecule has 2 rings (SSSR count). The van der Waals surface area contributed by atoms with Crippen LogP contribution in [0.15, 0.2) is 36.4 Å². The van der Waals surface area contributed by atoms with E-state index in [0.717, 1.165) is 85.5 Å². The van der Waals surface area contributed by atoms with Crippen LogP contribution in [-0.4, -0.2) is 69.8 Å². The van der Waals surface area contributed by atoms with E-state index in [1.165, 1.54) is 6.42 Å². The van der Waals surface area contributed by atoms with Gasteiger partial charge in [0.25, 0.3) is 0 Å². The Hall–Kier alpha value is -2.60. The molecular weight excluding hydrogens is 556 g/mol. The molecule has 0 aliphatic heterocycles. The van der Waals surface area contributed by atoms with Crippen LogP contribution in [0.3, 0.4) is 0 Å². The molecule has 0 bridgehead atoms. The average molecular weight is 609 g/mol. The van der Waals surface area contributed by atoms with E-state index in [2.05, 4.69) is 0 Å². The summed E-state index contributed by atoms with van der Waals surface area (Å²) in [5.41, 5.74) is 1.87. The first-order valence-electron chi connectivity index (χ1n) is 14.9. The Balaban J connectivity index is 1.83. The molecule has 0 saturated heterocycles. The summed E-state index contributed by atoms with van der Waals surface area (Å²) in [6, 6.07) is 11.5. The zero-order valence-electron chi connectivity index (χ0n) is 26.9. The fourth-order valence-electron chi connectivity index (χ4n) is 4.82. The minimum atomic E-state index is -0.166. The van der Waals surface area contributed by atoms with Gasteiger partial charge < -0.3 is 47.4 Å². The van der Waals surface area contributed by atoms with Crippen molar-refractivity contribution < 1.29 is 47.4 Å². The molecule has 0 aliphatic carbocycles. The summed E-state index contributed by atoms with van der Waals surface area (Å²) in [4.78, 5) is 0. The molecule has 10 nitrogen and oxygen atoms in total. The fourth-order valence-corrected chi connectivity index (χ4v) is 4.82. The van der Waals surface area contributed by atoms with E-state index < -0.39 is 0 Å². The Morgan fingerprint density at radius 2 is 0.837 bits per heavy atom. The molecule has 0 amide bonds. The van der Waals surface area contributed by atoms with Crippen molar-refractivity contribution in [3.63, 3.8) is 0 Å². The molecule has 2 aromatic rings. The summed E-state index contributed by atoms with van der Waals surface area (Å²) in [5.74, 6) is 2.96. The van der Waals surface area contributed by atoms with Crippen molar-refractivity contribution in [2.45, 2.75) is 70.0 Å². The van der Waals surface area contributed by atoms with Crippen molar-refractivity contribution in [1.82, 2.24) is 0 Å². The maximum absolute atomic E-state index is 6.05. The number of benzene rings is 2. The first-order valence-corrected chi connectivity index (χ1v) is 14.9. The van der Waals surface area contributed by atoms with Gasteiger partial charge in [0.05, 0.1) is 26.4 Å². The van der Waals surface area contributed by atoms with E-state index >= 15 is 0 Å². The predicted molar refractivity (Wildman–Crippen MR) is 164 cm³/mol. The van der Waals surface area contributed by atoms with Crippen molar-refractivity contribution >= 4 is 0 Å². The van der Waals surface area contributed by atoms with E-state index in [-0.39, 0.29) is 39.4 Å². The van der Waals surface area contributed by atoms with Crippen LogP contribution in [-0.2, 0) is 28.4 Å². The van der Waals surface area contributed by atoms with Crippen LogP contribution in [0.5, 0.6) is 23.0 Å². The van der Waals surface area contributed by atoms with Crippen molar-refractivity contribution in [3.8, 4) is 23.0 Å². The third kappa shape index (κ3) is 13.7. The van der Waals surface area contributed by atoms with E-state index in [1.807, 2.05) is 36.4 Å². The maximum atomic E-state index is 6.05. The lowest BCUT2D eigenvalue weighted by molar-refractivity contribution is -0.0778. The highest BCUT2D eigenvalue weighted by atomic mass is 16.7. The Morgan fingerprint density at radius 3 is 1.19 bits per heavy atom. The van der Waals surface area contributed by atoms with E-state index in [1.54, 1.807) is 42.7 Å². The zero-order valence-corrected chi connectivity index (χ0v) is 26.9. The molecule has 0 saturated carbocycles. The molecule has 2 aromatic carbocycles.